The molecule has 0 bridgehead atoms. The first kappa shape index (κ1) is 15.1. The number of aromatic nitrogens is 3. The molecule has 2 aromatic heterocycles. The molecule has 7 heteroatoms. The zero-order valence-corrected chi connectivity index (χ0v) is 13.2. The van der Waals surface area contributed by atoms with E-state index in [-0.39, 0.29) is 0 Å². The number of nitrogens with zero attached hydrogens (tertiary/aromatic N) is 3. The third kappa shape index (κ3) is 3.19. The Labute approximate surface area is 136 Å². The van der Waals surface area contributed by atoms with E-state index in [0.29, 0.717) is 32.8 Å². The molecule has 0 spiro atoms. The van der Waals surface area contributed by atoms with Crippen LogP contribution in [0.15, 0.2) is 64.8 Å². The minimum atomic E-state index is -1.42. The monoisotopic (exact) mass is 325 g/mol. The molecule has 0 aliphatic heterocycles. The number of pyridine rings is 1. The van der Waals surface area contributed by atoms with Crippen LogP contribution < -0.4 is 11.1 Å². The van der Waals surface area contributed by atoms with Gasteiger partial charge in [-0.25, -0.2) is 19.2 Å². The predicted molar refractivity (Wildman–Crippen MR) is 90.3 cm³/mol. The lowest BCUT2D eigenvalue weighted by atomic mass is 10.2. The van der Waals surface area contributed by atoms with Crippen LogP contribution in [-0.4, -0.2) is 26.2 Å². The Kier molecular flexibility index (Phi) is 4.29. The average Bonchev–Trinajstić information content (AvgIpc) is 2.62. The molecule has 1 unspecified atom stereocenters. The van der Waals surface area contributed by atoms with Crippen molar-refractivity contribution in [3.8, 4) is 11.3 Å². The number of nitrogens with one attached hydrogen (secondary N) is 1. The zero-order valence-electron chi connectivity index (χ0n) is 12.4. The van der Waals surface area contributed by atoms with Crippen molar-refractivity contribution >= 4 is 22.4 Å². The normalized spacial score (nSPS) is 11.9. The quantitative estimate of drug-likeness (QED) is 0.715. The molecule has 6 nitrogen and oxygen atoms in total. The van der Waals surface area contributed by atoms with Crippen LogP contribution >= 0.6 is 0 Å². The predicted octanol–water partition coefficient (Wildman–Crippen LogP) is 2.33. The fourth-order valence-corrected chi connectivity index (χ4v) is 3.20. The van der Waals surface area contributed by atoms with Crippen LogP contribution in [0, 0.1) is 0 Å². The third-order valence-electron chi connectivity index (χ3n) is 3.20. The number of benzene rings is 1. The highest BCUT2D eigenvalue weighted by Crippen LogP contribution is 2.26. The van der Waals surface area contributed by atoms with E-state index in [1.807, 2.05) is 6.07 Å². The second-order valence-electron chi connectivity index (χ2n) is 4.71. The van der Waals surface area contributed by atoms with E-state index in [4.69, 9.17) is 5.73 Å². The molecule has 3 aromatic rings. The van der Waals surface area contributed by atoms with E-state index in [9.17, 15) is 4.21 Å². The maximum atomic E-state index is 12.9. The van der Waals surface area contributed by atoms with Gasteiger partial charge in [-0.2, -0.15) is 0 Å². The molecule has 0 aliphatic carbocycles. The maximum Gasteiger partial charge on any atom is 0.222 e. The van der Waals surface area contributed by atoms with E-state index in [0.717, 1.165) is 0 Å². The van der Waals surface area contributed by atoms with Crippen molar-refractivity contribution in [2.24, 2.45) is 0 Å². The minimum Gasteiger partial charge on any atom is -0.399 e. The van der Waals surface area contributed by atoms with Gasteiger partial charge in [0, 0.05) is 35.6 Å². The molecular weight excluding hydrogens is 310 g/mol. The Morgan fingerprint density at radius 3 is 2.57 bits per heavy atom. The van der Waals surface area contributed by atoms with Crippen molar-refractivity contribution < 1.29 is 4.21 Å². The summed E-state index contributed by atoms with van der Waals surface area (Å²) in [5.41, 5.74) is 7.68. The van der Waals surface area contributed by atoms with Gasteiger partial charge in [-0.1, -0.05) is 0 Å². The molecule has 3 rings (SSSR count). The first-order chi connectivity index (χ1) is 11.2. The fraction of sp³-hybridized carbons (Fsp3) is 0.0625. The summed E-state index contributed by atoms with van der Waals surface area (Å²) in [5, 5.41) is 3.35. The zero-order chi connectivity index (χ0) is 16.2. The van der Waals surface area contributed by atoms with E-state index in [1.54, 1.807) is 55.8 Å². The molecule has 1 atom stereocenters. The molecule has 2 heterocycles. The van der Waals surface area contributed by atoms with Gasteiger partial charge in [0.05, 0.1) is 5.69 Å². The van der Waals surface area contributed by atoms with Crippen LogP contribution in [0.1, 0.15) is 0 Å². The largest absolute Gasteiger partial charge is 0.399 e. The summed E-state index contributed by atoms with van der Waals surface area (Å²) in [7, 11) is 0.323. The van der Waals surface area contributed by atoms with Crippen molar-refractivity contribution in [3.63, 3.8) is 0 Å². The molecule has 23 heavy (non-hydrogen) atoms. The van der Waals surface area contributed by atoms with Gasteiger partial charge in [0.15, 0.2) is 0 Å². The fourth-order valence-electron chi connectivity index (χ4n) is 2.07. The van der Waals surface area contributed by atoms with E-state index < -0.39 is 10.8 Å². The topological polar surface area (TPSA) is 93.8 Å². The van der Waals surface area contributed by atoms with E-state index in [2.05, 4.69) is 20.3 Å². The lowest BCUT2D eigenvalue weighted by molar-refractivity contribution is 0.680. The Morgan fingerprint density at radius 1 is 1.04 bits per heavy atom. The van der Waals surface area contributed by atoms with Gasteiger partial charge in [-0.05, 0) is 42.5 Å². The summed E-state index contributed by atoms with van der Waals surface area (Å²) in [6, 6.07) is 12.3. The van der Waals surface area contributed by atoms with E-state index >= 15 is 0 Å². The molecule has 3 N–H and O–H groups in total. The van der Waals surface area contributed by atoms with Crippen LogP contribution in [-0.2, 0) is 10.8 Å². The molecule has 0 amide bonds. The number of nitrogens with two attached hydrogens (primary N) is 1. The van der Waals surface area contributed by atoms with Gasteiger partial charge >= 0.3 is 0 Å². The number of hydrogen-bond acceptors (Lipinski definition) is 6. The van der Waals surface area contributed by atoms with Crippen LogP contribution in [0.5, 0.6) is 0 Å². The Morgan fingerprint density at radius 2 is 1.83 bits per heavy atom. The first-order valence-corrected chi connectivity index (χ1v) is 8.07. The van der Waals surface area contributed by atoms with Crippen LogP contribution in [0.3, 0.4) is 0 Å². The molecule has 0 aliphatic rings. The summed E-state index contributed by atoms with van der Waals surface area (Å²) in [5.74, 6) is 0.496. The van der Waals surface area contributed by atoms with Gasteiger partial charge in [-0.15, -0.1) is 0 Å². The standard InChI is InChI=1S/C16H15N5OS/c1-18-16-20-10-8-14(21-16)13-3-2-9-19-15(13)23(22)12-6-4-11(17)5-7-12/h2-10H,17H2,1H3,(H,18,20,21). The molecule has 0 fully saturated rings. The summed E-state index contributed by atoms with van der Waals surface area (Å²) in [4.78, 5) is 13.4. The highest BCUT2D eigenvalue weighted by molar-refractivity contribution is 7.85. The van der Waals surface area contributed by atoms with Crippen molar-refractivity contribution in [3.05, 3.63) is 54.9 Å². The molecule has 116 valence electrons. The Hall–Kier alpha value is -2.80. The van der Waals surface area contributed by atoms with Crippen molar-refractivity contribution in [1.82, 2.24) is 15.0 Å². The van der Waals surface area contributed by atoms with Gasteiger partial charge in [-0.3, -0.25) is 0 Å². The smallest absolute Gasteiger partial charge is 0.222 e. The molecule has 0 saturated carbocycles. The second-order valence-corrected chi connectivity index (χ2v) is 6.10. The summed E-state index contributed by atoms with van der Waals surface area (Å²) < 4.78 is 12.9. The number of rotatable bonds is 4. The molecule has 0 radical (unpaired) electrons. The maximum absolute atomic E-state index is 12.9. The van der Waals surface area contributed by atoms with Crippen LogP contribution in [0.2, 0.25) is 0 Å². The second kappa shape index (κ2) is 6.53. The van der Waals surface area contributed by atoms with Crippen LogP contribution in [0.25, 0.3) is 11.3 Å². The third-order valence-corrected chi connectivity index (χ3v) is 4.57. The highest BCUT2D eigenvalue weighted by atomic mass is 32.2. The van der Waals surface area contributed by atoms with E-state index in [1.165, 1.54) is 0 Å². The highest BCUT2D eigenvalue weighted by Gasteiger charge is 2.16. The Balaban J connectivity index is 2.07. The summed E-state index contributed by atoms with van der Waals surface area (Å²) in [6.07, 6.45) is 3.27. The lowest BCUT2D eigenvalue weighted by Crippen LogP contribution is -2.02. The Bertz CT molecular complexity index is 851. The first-order valence-electron chi connectivity index (χ1n) is 6.92. The molecule has 1 aromatic carbocycles. The summed E-state index contributed by atoms with van der Waals surface area (Å²) >= 11 is 0. The molecular formula is C16H15N5OS. The van der Waals surface area contributed by atoms with Crippen molar-refractivity contribution in [2.75, 3.05) is 18.1 Å². The van der Waals surface area contributed by atoms with Gasteiger partial charge in [0.25, 0.3) is 0 Å². The van der Waals surface area contributed by atoms with Gasteiger partial charge in [0.1, 0.15) is 15.8 Å². The lowest BCUT2D eigenvalue weighted by Gasteiger charge is -2.09. The number of nitrogen functional groups attached to an aromatic ring is 1. The molecule has 0 saturated heterocycles. The SMILES string of the molecule is CNc1nccc(-c2cccnc2S(=O)c2ccc(N)cc2)n1. The average molecular weight is 325 g/mol. The van der Waals surface area contributed by atoms with Gasteiger partial charge < -0.3 is 11.1 Å². The van der Waals surface area contributed by atoms with Crippen molar-refractivity contribution in [2.45, 2.75) is 9.92 Å². The van der Waals surface area contributed by atoms with Crippen molar-refractivity contribution in [1.29, 1.82) is 0 Å². The number of hydrogen-bond donors (Lipinski definition) is 2. The minimum absolute atomic E-state index is 0.457. The summed E-state index contributed by atoms with van der Waals surface area (Å²) in [6.45, 7) is 0. The number of anilines is 2. The van der Waals surface area contributed by atoms with Gasteiger partial charge in [0.2, 0.25) is 5.95 Å². The van der Waals surface area contributed by atoms with Crippen LogP contribution in [0.4, 0.5) is 11.6 Å².